The van der Waals surface area contributed by atoms with E-state index in [0.717, 1.165) is 29.4 Å². The maximum atomic E-state index is 10.5. The second-order valence-electron chi connectivity index (χ2n) is 5.51. The molecule has 1 aromatic carbocycles. The largest absolute Gasteiger partial charge is 0.397 e. The Morgan fingerprint density at radius 3 is 3.00 bits per heavy atom. The number of nitrogen functional groups attached to an aromatic ring is 1. The highest BCUT2D eigenvalue weighted by molar-refractivity contribution is 9.10. The van der Waals surface area contributed by atoms with Gasteiger partial charge in [-0.05, 0) is 37.0 Å². The lowest BCUT2D eigenvalue weighted by molar-refractivity contribution is -0.000747. The smallest absolute Gasteiger partial charge is 0.0821 e. The Labute approximate surface area is 117 Å². The molecule has 1 aromatic rings. The zero-order valence-electron chi connectivity index (χ0n) is 10.7. The van der Waals surface area contributed by atoms with Crippen molar-refractivity contribution in [2.45, 2.75) is 38.2 Å². The molecule has 0 radical (unpaired) electrons. The van der Waals surface area contributed by atoms with Crippen molar-refractivity contribution >= 4 is 27.3 Å². The number of rotatable bonds is 3. The lowest BCUT2D eigenvalue weighted by atomic mass is 9.79. The molecule has 1 fully saturated rings. The molecule has 1 aliphatic carbocycles. The number of aliphatic hydroxyl groups is 1. The van der Waals surface area contributed by atoms with Gasteiger partial charge in [0, 0.05) is 11.0 Å². The standard InChI is InChI=1S/C14H21BrN2O/c1-10-3-2-6-14(18,8-10)9-17-13-5-4-11(15)7-12(13)16/h4-5,7,10,17-18H,2-3,6,8-9,16H2,1H3. The van der Waals surface area contributed by atoms with E-state index in [0.29, 0.717) is 18.2 Å². The average Bonchev–Trinajstić information content (AvgIpc) is 2.27. The monoisotopic (exact) mass is 312 g/mol. The van der Waals surface area contributed by atoms with Crippen molar-refractivity contribution in [1.82, 2.24) is 0 Å². The summed E-state index contributed by atoms with van der Waals surface area (Å²) in [6.07, 6.45) is 4.08. The van der Waals surface area contributed by atoms with Crippen LogP contribution in [0.5, 0.6) is 0 Å². The quantitative estimate of drug-likeness (QED) is 0.750. The third-order valence-electron chi connectivity index (χ3n) is 3.69. The zero-order chi connectivity index (χ0) is 13.2. The predicted molar refractivity (Wildman–Crippen MR) is 79.6 cm³/mol. The van der Waals surface area contributed by atoms with Crippen molar-refractivity contribution in [3.05, 3.63) is 22.7 Å². The Balaban J connectivity index is 1.98. The van der Waals surface area contributed by atoms with Crippen LogP contribution in [-0.4, -0.2) is 17.3 Å². The predicted octanol–water partition coefficient (Wildman–Crippen LogP) is 3.38. The first-order valence-corrected chi connectivity index (χ1v) is 7.29. The Hall–Kier alpha value is -0.740. The number of hydrogen-bond acceptors (Lipinski definition) is 3. The van der Waals surface area contributed by atoms with Crippen LogP contribution >= 0.6 is 15.9 Å². The second kappa shape index (κ2) is 5.49. The second-order valence-corrected chi connectivity index (χ2v) is 6.43. The van der Waals surface area contributed by atoms with Gasteiger partial charge in [0.25, 0.3) is 0 Å². The third kappa shape index (κ3) is 3.39. The van der Waals surface area contributed by atoms with Crippen molar-refractivity contribution in [2.24, 2.45) is 5.92 Å². The fourth-order valence-corrected chi connectivity index (χ4v) is 3.13. The molecule has 2 atom stereocenters. The van der Waals surface area contributed by atoms with Crippen LogP contribution in [0.25, 0.3) is 0 Å². The molecular weight excluding hydrogens is 292 g/mol. The molecule has 2 unspecified atom stereocenters. The van der Waals surface area contributed by atoms with Crippen LogP contribution in [0.2, 0.25) is 0 Å². The summed E-state index contributed by atoms with van der Waals surface area (Å²) in [6, 6.07) is 5.76. The van der Waals surface area contributed by atoms with Crippen molar-refractivity contribution in [2.75, 3.05) is 17.6 Å². The van der Waals surface area contributed by atoms with Crippen LogP contribution in [-0.2, 0) is 0 Å². The van der Waals surface area contributed by atoms with Crippen LogP contribution in [0.3, 0.4) is 0 Å². The van der Waals surface area contributed by atoms with E-state index in [1.165, 1.54) is 6.42 Å². The summed E-state index contributed by atoms with van der Waals surface area (Å²) in [4.78, 5) is 0. The maximum Gasteiger partial charge on any atom is 0.0821 e. The molecule has 0 spiro atoms. The lowest BCUT2D eigenvalue weighted by Gasteiger charge is -2.36. The molecular formula is C14H21BrN2O. The van der Waals surface area contributed by atoms with Crippen molar-refractivity contribution in [1.29, 1.82) is 0 Å². The van der Waals surface area contributed by atoms with E-state index in [-0.39, 0.29) is 0 Å². The molecule has 2 rings (SSSR count). The number of benzene rings is 1. The van der Waals surface area contributed by atoms with E-state index >= 15 is 0 Å². The van der Waals surface area contributed by atoms with E-state index in [4.69, 9.17) is 5.73 Å². The number of nitrogens with one attached hydrogen (secondary N) is 1. The minimum Gasteiger partial charge on any atom is -0.397 e. The molecule has 0 aromatic heterocycles. The molecule has 1 aliphatic rings. The summed E-state index contributed by atoms with van der Waals surface area (Å²) in [5.74, 6) is 0.604. The van der Waals surface area contributed by atoms with Gasteiger partial charge in [-0.25, -0.2) is 0 Å². The SMILES string of the molecule is CC1CCCC(O)(CNc2ccc(Br)cc2N)C1. The summed E-state index contributed by atoms with van der Waals surface area (Å²) >= 11 is 3.39. The molecule has 0 heterocycles. The topological polar surface area (TPSA) is 58.3 Å². The van der Waals surface area contributed by atoms with Gasteiger partial charge in [0.05, 0.1) is 17.0 Å². The molecule has 100 valence electrons. The molecule has 0 amide bonds. The van der Waals surface area contributed by atoms with Gasteiger partial charge < -0.3 is 16.2 Å². The number of hydrogen-bond donors (Lipinski definition) is 3. The van der Waals surface area contributed by atoms with Gasteiger partial charge in [0.15, 0.2) is 0 Å². The summed E-state index contributed by atoms with van der Waals surface area (Å²) in [5, 5.41) is 13.8. The van der Waals surface area contributed by atoms with Crippen LogP contribution < -0.4 is 11.1 Å². The Morgan fingerprint density at radius 2 is 2.33 bits per heavy atom. The van der Waals surface area contributed by atoms with Gasteiger partial charge in [0.2, 0.25) is 0 Å². The molecule has 1 saturated carbocycles. The molecule has 0 saturated heterocycles. The van der Waals surface area contributed by atoms with E-state index in [1.807, 2.05) is 18.2 Å². The summed E-state index contributed by atoms with van der Waals surface area (Å²) in [5.41, 5.74) is 6.95. The average molecular weight is 313 g/mol. The van der Waals surface area contributed by atoms with Gasteiger partial charge in [-0.15, -0.1) is 0 Å². The number of halogens is 1. The fourth-order valence-electron chi connectivity index (χ4n) is 2.75. The van der Waals surface area contributed by atoms with Gasteiger partial charge in [0.1, 0.15) is 0 Å². The van der Waals surface area contributed by atoms with Crippen molar-refractivity contribution < 1.29 is 5.11 Å². The molecule has 0 bridgehead atoms. The normalized spacial score (nSPS) is 28.1. The van der Waals surface area contributed by atoms with Crippen LogP contribution in [0.15, 0.2) is 22.7 Å². The van der Waals surface area contributed by atoms with E-state index < -0.39 is 5.60 Å². The van der Waals surface area contributed by atoms with Gasteiger partial charge in [-0.1, -0.05) is 35.7 Å². The van der Waals surface area contributed by atoms with Crippen molar-refractivity contribution in [3.63, 3.8) is 0 Å². The van der Waals surface area contributed by atoms with Crippen LogP contribution in [0.1, 0.15) is 32.6 Å². The fraction of sp³-hybridized carbons (Fsp3) is 0.571. The molecule has 18 heavy (non-hydrogen) atoms. The maximum absolute atomic E-state index is 10.5. The highest BCUT2D eigenvalue weighted by atomic mass is 79.9. The Morgan fingerprint density at radius 1 is 1.56 bits per heavy atom. The van der Waals surface area contributed by atoms with Crippen molar-refractivity contribution in [3.8, 4) is 0 Å². The van der Waals surface area contributed by atoms with E-state index in [9.17, 15) is 5.11 Å². The van der Waals surface area contributed by atoms with Gasteiger partial charge in [-0.3, -0.25) is 0 Å². The third-order valence-corrected chi connectivity index (χ3v) is 4.18. The summed E-state index contributed by atoms with van der Waals surface area (Å²) in [6.45, 7) is 2.78. The lowest BCUT2D eigenvalue weighted by Crippen LogP contribution is -2.41. The Bertz CT molecular complexity index is 424. The van der Waals surface area contributed by atoms with Gasteiger partial charge >= 0.3 is 0 Å². The summed E-state index contributed by atoms with van der Waals surface area (Å²) < 4.78 is 0.968. The number of anilines is 2. The minimum atomic E-state index is -0.586. The number of nitrogens with two attached hydrogens (primary N) is 1. The molecule has 4 N–H and O–H groups in total. The minimum absolute atomic E-state index is 0.573. The zero-order valence-corrected chi connectivity index (χ0v) is 12.3. The summed E-state index contributed by atoms with van der Waals surface area (Å²) in [7, 11) is 0. The Kier molecular flexibility index (Phi) is 4.17. The van der Waals surface area contributed by atoms with E-state index in [1.54, 1.807) is 0 Å². The van der Waals surface area contributed by atoms with Crippen LogP contribution in [0.4, 0.5) is 11.4 Å². The van der Waals surface area contributed by atoms with Crippen LogP contribution in [0, 0.1) is 5.92 Å². The first-order chi connectivity index (χ1) is 8.48. The van der Waals surface area contributed by atoms with Gasteiger partial charge in [-0.2, -0.15) is 0 Å². The highest BCUT2D eigenvalue weighted by Crippen LogP contribution is 2.33. The molecule has 4 heteroatoms. The molecule has 3 nitrogen and oxygen atoms in total. The molecule has 0 aliphatic heterocycles. The van der Waals surface area contributed by atoms with E-state index in [2.05, 4.69) is 28.2 Å². The highest BCUT2D eigenvalue weighted by Gasteiger charge is 2.32. The first kappa shape index (κ1) is 13.7. The first-order valence-electron chi connectivity index (χ1n) is 6.50.